The Morgan fingerprint density at radius 1 is 1.75 bits per heavy atom. The van der Waals surface area contributed by atoms with Crippen molar-refractivity contribution in [1.29, 1.82) is 0 Å². The maximum Gasteiger partial charge on any atom is 0.322 e. The molecule has 0 unspecified atom stereocenters. The predicted octanol–water partition coefficient (Wildman–Crippen LogP) is 0.0875. The number of esters is 1. The van der Waals surface area contributed by atoms with Crippen LogP contribution < -0.4 is 5.73 Å². The highest BCUT2D eigenvalue weighted by Crippen LogP contribution is 2.08. The lowest BCUT2D eigenvalue weighted by molar-refractivity contribution is -0.150. The van der Waals surface area contributed by atoms with Crippen molar-refractivity contribution in [2.75, 3.05) is 13.2 Å². The standard InChI is InChI=1S/C7H13NO3.ClH/c1-5(8)7(9)11-6-2-3-10-4-6;/h5-6H,2-4,8H2,1H3;1H/t5-,6-;/m0./s1. The Balaban J connectivity index is 0.00000121. The van der Waals surface area contributed by atoms with Gasteiger partial charge in [-0.15, -0.1) is 12.4 Å². The van der Waals surface area contributed by atoms with E-state index in [1.165, 1.54) is 0 Å². The minimum absolute atomic E-state index is 0. The second kappa shape index (κ2) is 5.35. The highest BCUT2D eigenvalue weighted by molar-refractivity contribution is 5.85. The molecule has 0 amide bonds. The summed E-state index contributed by atoms with van der Waals surface area (Å²) in [5.74, 6) is -0.347. The molecule has 0 bridgehead atoms. The molecule has 1 heterocycles. The summed E-state index contributed by atoms with van der Waals surface area (Å²) in [5.41, 5.74) is 5.30. The lowest BCUT2D eigenvalue weighted by Crippen LogP contribution is -2.32. The summed E-state index contributed by atoms with van der Waals surface area (Å²) < 4.78 is 10.0. The van der Waals surface area contributed by atoms with Crippen LogP contribution in [-0.4, -0.2) is 31.3 Å². The molecule has 5 heteroatoms. The van der Waals surface area contributed by atoms with E-state index in [0.29, 0.717) is 13.2 Å². The maximum atomic E-state index is 10.9. The van der Waals surface area contributed by atoms with Crippen molar-refractivity contribution in [2.24, 2.45) is 5.73 Å². The van der Waals surface area contributed by atoms with Gasteiger partial charge in [0.1, 0.15) is 12.1 Å². The van der Waals surface area contributed by atoms with Gasteiger partial charge in [0.05, 0.1) is 13.2 Å². The first-order valence-corrected chi connectivity index (χ1v) is 3.74. The molecule has 1 rings (SSSR count). The van der Waals surface area contributed by atoms with Crippen LogP contribution in [0.3, 0.4) is 0 Å². The summed E-state index contributed by atoms with van der Waals surface area (Å²) in [5, 5.41) is 0. The lowest BCUT2D eigenvalue weighted by atomic mass is 10.3. The van der Waals surface area contributed by atoms with E-state index in [1.54, 1.807) is 6.92 Å². The monoisotopic (exact) mass is 195 g/mol. The summed E-state index contributed by atoms with van der Waals surface area (Å²) >= 11 is 0. The maximum absolute atomic E-state index is 10.9. The first kappa shape index (κ1) is 11.7. The molecule has 2 atom stereocenters. The van der Waals surface area contributed by atoms with Gasteiger partial charge in [-0.25, -0.2) is 0 Å². The molecule has 1 fully saturated rings. The van der Waals surface area contributed by atoms with Crippen LogP contribution in [0.2, 0.25) is 0 Å². The molecule has 0 saturated carbocycles. The molecule has 1 aliphatic rings. The Morgan fingerprint density at radius 3 is 2.83 bits per heavy atom. The minimum atomic E-state index is -0.532. The number of nitrogens with two attached hydrogens (primary N) is 1. The number of rotatable bonds is 2. The molecule has 0 aromatic heterocycles. The van der Waals surface area contributed by atoms with E-state index in [1.807, 2.05) is 0 Å². The van der Waals surface area contributed by atoms with Crippen LogP contribution in [0.4, 0.5) is 0 Å². The zero-order valence-corrected chi connectivity index (χ0v) is 7.80. The van der Waals surface area contributed by atoms with Crippen LogP contribution in [0, 0.1) is 0 Å². The van der Waals surface area contributed by atoms with Gasteiger partial charge in [-0.05, 0) is 6.92 Å². The Labute approximate surface area is 77.8 Å². The van der Waals surface area contributed by atoms with Crippen LogP contribution in [0.1, 0.15) is 13.3 Å². The Morgan fingerprint density at radius 2 is 2.42 bits per heavy atom. The van der Waals surface area contributed by atoms with Crippen molar-refractivity contribution < 1.29 is 14.3 Å². The highest BCUT2D eigenvalue weighted by atomic mass is 35.5. The molecular formula is C7H14ClNO3. The molecule has 12 heavy (non-hydrogen) atoms. The Bertz CT molecular complexity index is 146. The zero-order chi connectivity index (χ0) is 8.27. The summed E-state index contributed by atoms with van der Waals surface area (Å²) in [6, 6.07) is -0.532. The third kappa shape index (κ3) is 3.38. The van der Waals surface area contributed by atoms with E-state index in [0.717, 1.165) is 6.42 Å². The van der Waals surface area contributed by atoms with Crippen molar-refractivity contribution in [3.63, 3.8) is 0 Å². The third-order valence-electron chi connectivity index (χ3n) is 1.54. The molecule has 2 N–H and O–H groups in total. The minimum Gasteiger partial charge on any atom is -0.459 e. The van der Waals surface area contributed by atoms with E-state index in [4.69, 9.17) is 15.2 Å². The number of hydrogen-bond acceptors (Lipinski definition) is 4. The van der Waals surface area contributed by atoms with Gasteiger partial charge in [0, 0.05) is 6.42 Å². The molecule has 72 valence electrons. The molecule has 0 aromatic carbocycles. The highest BCUT2D eigenvalue weighted by Gasteiger charge is 2.21. The Kier molecular flexibility index (Phi) is 5.20. The number of hydrogen-bond donors (Lipinski definition) is 1. The summed E-state index contributed by atoms with van der Waals surface area (Å²) in [6.45, 7) is 2.80. The molecule has 4 nitrogen and oxygen atoms in total. The average Bonchev–Trinajstić information content (AvgIpc) is 2.39. The summed E-state index contributed by atoms with van der Waals surface area (Å²) in [6.07, 6.45) is 0.715. The van der Waals surface area contributed by atoms with E-state index in [-0.39, 0.29) is 24.5 Å². The quantitative estimate of drug-likeness (QED) is 0.635. The van der Waals surface area contributed by atoms with Gasteiger partial charge in [0.2, 0.25) is 0 Å². The van der Waals surface area contributed by atoms with E-state index >= 15 is 0 Å². The molecule has 0 radical (unpaired) electrons. The number of ether oxygens (including phenoxy) is 2. The van der Waals surface area contributed by atoms with Crippen molar-refractivity contribution >= 4 is 18.4 Å². The average molecular weight is 196 g/mol. The fourth-order valence-electron chi connectivity index (χ4n) is 0.877. The smallest absolute Gasteiger partial charge is 0.322 e. The van der Waals surface area contributed by atoms with Gasteiger partial charge in [-0.2, -0.15) is 0 Å². The summed E-state index contributed by atoms with van der Waals surface area (Å²) in [7, 11) is 0. The Hall–Kier alpha value is -0.320. The predicted molar refractivity (Wildman–Crippen MR) is 46.2 cm³/mol. The number of halogens is 1. The van der Waals surface area contributed by atoms with Crippen molar-refractivity contribution in [3.8, 4) is 0 Å². The molecule has 0 aromatic rings. The fourth-order valence-corrected chi connectivity index (χ4v) is 0.877. The second-order valence-corrected chi connectivity index (χ2v) is 2.71. The van der Waals surface area contributed by atoms with Gasteiger partial charge >= 0.3 is 5.97 Å². The molecular weight excluding hydrogens is 182 g/mol. The van der Waals surface area contributed by atoms with E-state index in [9.17, 15) is 4.79 Å². The van der Waals surface area contributed by atoms with Crippen molar-refractivity contribution in [3.05, 3.63) is 0 Å². The first-order chi connectivity index (χ1) is 5.20. The van der Waals surface area contributed by atoms with Crippen LogP contribution in [0.15, 0.2) is 0 Å². The molecule has 1 aliphatic heterocycles. The van der Waals surface area contributed by atoms with Crippen LogP contribution >= 0.6 is 12.4 Å². The van der Waals surface area contributed by atoms with Gasteiger partial charge < -0.3 is 15.2 Å². The third-order valence-corrected chi connectivity index (χ3v) is 1.54. The molecule has 0 aliphatic carbocycles. The van der Waals surface area contributed by atoms with Crippen molar-refractivity contribution in [2.45, 2.75) is 25.5 Å². The molecule has 0 spiro atoms. The summed E-state index contributed by atoms with van der Waals surface area (Å²) in [4.78, 5) is 10.9. The number of carbonyl (C=O) groups excluding carboxylic acids is 1. The van der Waals surface area contributed by atoms with Gasteiger partial charge in [0.15, 0.2) is 0 Å². The van der Waals surface area contributed by atoms with Crippen LogP contribution in [0.5, 0.6) is 0 Å². The number of carbonyl (C=O) groups is 1. The van der Waals surface area contributed by atoms with E-state index in [2.05, 4.69) is 0 Å². The van der Waals surface area contributed by atoms with E-state index < -0.39 is 6.04 Å². The lowest BCUT2D eigenvalue weighted by Gasteiger charge is -2.11. The SMILES string of the molecule is C[C@H](N)C(=O)O[C@H]1CCOC1.Cl. The topological polar surface area (TPSA) is 61.6 Å². The second-order valence-electron chi connectivity index (χ2n) is 2.71. The largest absolute Gasteiger partial charge is 0.459 e. The first-order valence-electron chi connectivity index (χ1n) is 3.74. The van der Waals surface area contributed by atoms with Gasteiger partial charge in [-0.1, -0.05) is 0 Å². The van der Waals surface area contributed by atoms with Crippen LogP contribution in [0.25, 0.3) is 0 Å². The fraction of sp³-hybridized carbons (Fsp3) is 0.857. The zero-order valence-electron chi connectivity index (χ0n) is 6.99. The normalized spacial score (nSPS) is 24.3. The van der Waals surface area contributed by atoms with Gasteiger partial charge in [0.25, 0.3) is 0 Å². The van der Waals surface area contributed by atoms with Gasteiger partial charge in [-0.3, -0.25) is 4.79 Å². The molecule has 1 saturated heterocycles. The van der Waals surface area contributed by atoms with Crippen molar-refractivity contribution in [1.82, 2.24) is 0 Å². The van der Waals surface area contributed by atoms with Crippen LogP contribution in [-0.2, 0) is 14.3 Å².